The summed E-state index contributed by atoms with van der Waals surface area (Å²) in [7, 11) is 0. The molecule has 0 saturated carbocycles. The van der Waals surface area contributed by atoms with Gasteiger partial charge >= 0.3 is 0 Å². The number of amides is 1. The van der Waals surface area contributed by atoms with Gasteiger partial charge in [-0.15, -0.1) is 11.3 Å². The first-order valence-electron chi connectivity index (χ1n) is 6.35. The van der Waals surface area contributed by atoms with Crippen LogP contribution in [0.15, 0.2) is 45.7 Å². The molecule has 0 bridgehead atoms. The fourth-order valence-corrected chi connectivity index (χ4v) is 4.14. The Labute approximate surface area is 156 Å². The monoisotopic (exact) mass is 398 g/mol. The van der Waals surface area contributed by atoms with Crippen LogP contribution in [0.4, 0.5) is 0 Å². The molecule has 0 radical (unpaired) electrons. The van der Waals surface area contributed by atoms with E-state index in [1.165, 1.54) is 23.0 Å². The highest BCUT2D eigenvalue weighted by molar-refractivity contribution is 8.26. The molecule has 0 spiro atoms. The number of benzene rings is 1. The molecule has 8 heteroatoms. The minimum Gasteiger partial charge on any atom is -0.266 e. The molecule has 3 rings (SSSR count). The Kier molecular flexibility index (Phi) is 5.18. The van der Waals surface area contributed by atoms with Crippen LogP contribution in [0.2, 0.25) is 10.0 Å². The van der Waals surface area contributed by atoms with Gasteiger partial charge in [-0.05, 0) is 41.9 Å². The number of carbonyl (C=O) groups excluding carboxylic acids is 1. The number of hydrogen-bond donors (Lipinski definition) is 0. The lowest BCUT2D eigenvalue weighted by molar-refractivity contribution is -0.122. The third-order valence-electron chi connectivity index (χ3n) is 2.86. The highest BCUT2D eigenvalue weighted by atomic mass is 35.5. The smallest absolute Gasteiger partial charge is 0.266 e. The van der Waals surface area contributed by atoms with E-state index in [9.17, 15) is 4.79 Å². The van der Waals surface area contributed by atoms with Crippen molar-refractivity contribution in [1.29, 1.82) is 0 Å². The Bertz CT molecular complexity index is 831. The third kappa shape index (κ3) is 3.84. The third-order valence-corrected chi connectivity index (χ3v) is 5.53. The molecule has 23 heavy (non-hydrogen) atoms. The van der Waals surface area contributed by atoms with Gasteiger partial charge in [-0.1, -0.05) is 47.1 Å². The van der Waals surface area contributed by atoms with Crippen molar-refractivity contribution in [3.8, 4) is 0 Å². The highest BCUT2D eigenvalue weighted by Crippen LogP contribution is 2.33. The highest BCUT2D eigenvalue weighted by Gasteiger charge is 2.32. The summed E-state index contributed by atoms with van der Waals surface area (Å²) in [5.41, 5.74) is 0.660. The average molecular weight is 399 g/mol. The molecular formula is C15H8Cl2N2OS3. The van der Waals surface area contributed by atoms with Gasteiger partial charge in [0, 0.05) is 15.5 Å². The van der Waals surface area contributed by atoms with Crippen LogP contribution in [0, 0.1) is 0 Å². The fraction of sp³-hybridized carbons (Fsp3) is 0. The van der Waals surface area contributed by atoms with Crippen molar-refractivity contribution in [2.75, 3.05) is 0 Å². The second kappa shape index (κ2) is 7.15. The zero-order valence-corrected chi connectivity index (χ0v) is 15.4. The minimum atomic E-state index is -0.241. The molecule has 1 fully saturated rings. The van der Waals surface area contributed by atoms with Crippen LogP contribution in [0.1, 0.15) is 10.4 Å². The Balaban J connectivity index is 1.82. The van der Waals surface area contributed by atoms with Gasteiger partial charge in [-0.25, -0.2) is 0 Å². The molecule has 1 amide bonds. The second-order valence-electron chi connectivity index (χ2n) is 4.42. The zero-order chi connectivity index (χ0) is 16.4. The molecule has 2 heterocycles. The molecule has 0 unspecified atom stereocenters. The Hall–Kier alpha value is -1.18. The van der Waals surface area contributed by atoms with Gasteiger partial charge in [0.25, 0.3) is 5.91 Å². The molecule has 2 aromatic rings. The summed E-state index contributed by atoms with van der Waals surface area (Å²) in [6.45, 7) is 0. The molecule has 1 aromatic carbocycles. The van der Waals surface area contributed by atoms with Crippen LogP contribution < -0.4 is 0 Å². The number of halogens is 2. The molecule has 1 aliphatic heterocycles. The number of carbonyl (C=O) groups is 1. The molecule has 1 aliphatic rings. The molecule has 116 valence electrons. The number of thiocarbonyl (C=S) groups is 1. The topological polar surface area (TPSA) is 32.7 Å². The normalized spacial score (nSPS) is 17.0. The van der Waals surface area contributed by atoms with E-state index in [0.717, 1.165) is 4.88 Å². The number of hydrazone groups is 1. The van der Waals surface area contributed by atoms with Crippen molar-refractivity contribution in [2.24, 2.45) is 5.10 Å². The van der Waals surface area contributed by atoms with Crippen molar-refractivity contribution in [3.63, 3.8) is 0 Å². The van der Waals surface area contributed by atoms with E-state index >= 15 is 0 Å². The van der Waals surface area contributed by atoms with Crippen LogP contribution >= 0.6 is 58.5 Å². The van der Waals surface area contributed by atoms with Crippen LogP contribution in [-0.4, -0.2) is 21.5 Å². The number of hydrogen-bond acceptors (Lipinski definition) is 5. The standard InChI is InChI=1S/C15H8Cl2N2OS3/c16-10-4-3-9(12(17)6-10)8-18-19-14(20)13(23-15(19)21)7-11-2-1-5-22-11/h1-8H/b13-7-,18-8+. The van der Waals surface area contributed by atoms with Gasteiger partial charge in [0.1, 0.15) is 0 Å². The van der Waals surface area contributed by atoms with Crippen molar-refractivity contribution >= 4 is 81.0 Å². The maximum absolute atomic E-state index is 12.4. The lowest BCUT2D eigenvalue weighted by Gasteiger charge is -2.06. The first-order chi connectivity index (χ1) is 11.0. The molecule has 1 aromatic heterocycles. The van der Waals surface area contributed by atoms with Gasteiger partial charge < -0.3 is 0 Å². The van der Waals surface area contributed by atoms with Crippen LogP contribution in [0.5, 0.6) is 0 Å². The van der Waals surface area contributed by atoms with E-state index in [2.05, 4.69) is 5.10 Å². The maximum Gasteiger partial charge on any atom is 0.286 e. The van der Waals surface area contributed by atoms with Gasteiger partial charge in [-0.3, -0.25) is 4.79 Å². The SMILES string of the molecule is O=C1/C(=C/c2cccs2)SC(=S)N1/N=C/c1ccc(Cl)cc1Cl. The lowest BCUT2D eigenvalue weighted by atomic mass is 10.2. The summed E-state index contributed by atoms with van der Waals surface area (Å²) in [5, 5.41) is 8.31. The Morgan fingerprint density at radius 2 is 2.09 bits per heavy atom. The average Bonchev–Trinajstić information content (AvgIpc) is 3.09. The Morgan fingerprint density at radius 1 is 1.26 bits per heavy atom. The summed E-state index contributed by atoms with van der Waals surface area (Å²) in [6, 6.07) is 8.92. The summed E-state index contributed by atoms with van der Waals surface area (Å²) in [6.07, 6.45) is 3.31. The Morgan fingerprint density at radius 3 is 2.78 bits per heavy atom. The van der Waals surface area contributed by atoms with Crippen molar-refractivity contribution in [3.05, 3.63) is 61.1 Å². The molecule has 0 aliphatic carbocycles. The van der Waals surface area contributed by atoms with Gasteiger partial charge in [0.15, 0.2) is 4.32 Å². The number of thiophene rings is 1. The van der Waals surface area contributed by atoms with Crippen molar-refractivity contribution < 1.29 is 4.79 Å². The molecule has 0 N–H and O–H groups in total. The number of rotatable bonds is 3. The first-order valence-corrected chi connectivity index (χ1v) is 9.21. The zero-order valence-electron chi connectivity index (χ0n) is 11.4. The van der Waals surface area contributed by atoms with E-state index in [4.69, 9.17) is 35.4 Å². The van der Waals surface area contributed by atoms with Crippen LogP contribution in [0.3, 0.4) is 0 Å². The van der Waals surface area contributed by atoms with E-state index in [-0.39, 0.29) is 5.91 Å². The largest absolute Gasteiger partial charge is 0.286 e. The number of nitrogens with zero attached hydrogens (tertiary/aromatic N) is 2. The van der Waals surface area contributed by atoms with E-state index in [1.807, 2.05) is 23.6 Å². The van der Waals surface area contributed by atoms with Gasteiger partial charge in [0.05, 0.1) is 16.1 Å². The second-order valence-corrected chi connectivity index (χ2v) is 7.92. The van der Waals surface area contributed by atoms with E-state index < -0.39 is 0 Å². The van der Waals surface area contributed by atoms with E-state index in [1.54, 1.807) is 29.5 Å². The van der Waals surface area contributed by atoms with Crippen molar-refractivity contribution in [2.45, 2.75) is 0 Å². The predicted molar refractivity (Wildman–Crippen MR) is 103 cm³/mol. The van der Waals surface area contributed by atoms with Crippen LogP contribution in [0.25, 0.3) is 6.08 Å². The van der Waals surface area contributed by atoms with E-state index in [0.29, 0.717) is 24.8 Å². The summed E-state index contributed by atoms with van der Waals surface area (Å²) >= 11 is 19.9. The minimum absolute atomic E-state index is 0.241. The molecule has 1 saturated heterocycles. The summed E-state index contributed by atoms with van der Waals surface area (Å²) < 4.78 is 0.388. The quantitative estimate of drug-likeness (QED) is 0.399. The predicted octanol–water partition coefficient (Wildman–Crippen LogP) is 5.29. The molecule has 3 nitrogen and oxygen atoms in total. The summed E-state index contributed by atoms with van der Waals surface area (Å²) in [4.78, 5) is 13.9. The fourth-order valence-electron chi connectivity index (χ4n) is 1.79. The lowest BCUT2D eigenvalue weighted by Crippen LogP contribution is -2.22. The maximum atomic E-state index is 12.4. The molecular weight excluding hydrogens is 391 g/mol. The van der Waals surface area contributed by atoms with Gasteiger partial charge in [-0.2, -0.15) is 10.1 Å². The van der Waals surface area contributed by atoms with Crippen LogP contribution in [-0.2, 0) is 4.79 Å². The van der Waals surface area contributed by atoms with Crippen molar-refractivity contribution in [1.82, 2.24) is 5.01 Å². The summed E-state index contributed by atoms with van der Waals surface area (Å²) in [5.74, 6) is -0.241. The first kappa shape index (κ1) is 16.7. The number of thioether (sulfide) groups is 1. The molecule has 0 atom stereocenters. The van der Waals surface area contributed by atoms with Gasteiger partial charge in [0.2, 0.25) is 0 Å².